The number of fused-ring (bicyclic) bond motifs is 1. The Hall–Kier alpha value is -3.54. The Morgan fingerprint density at radius 2 is 2.25 bits per heavy atom. The topological polar surface area (TPSA) is 103 Å². The van der Waals surface area contributed by atoms with Crippen molar-refractivity contribution < 1.29 is 18.7 Å². The second-order valence-electron chi connectivity index (χ2n) is 4.65. The van der Waals surface area contributed by atoms with E-state index in [2.05, 4.69) is 19.8 Å². The van der Waals surface area contributed by atoms with Gasteiger partial charge in [0.2, 0.25) is 5.88 Å². The Morgan fingerprint density at radius 1 is 1.42 bits per heavy atom. The minimum atomic E-state index is -0.692. The molecule has 24 heavy (non-hydrogen) atoms. The third-order valence-electron chi connectivity index (χ3n) is 3.17. The molecule has 1 aromatic carbocycles. The van der Waals surface area contributed by atoms with Crippen molar-refractivity contribution >= 4 is 17.0 Å². The summed E-state index contributed by atoms with van der Waals surface area (Å²) in [5, 5.41) is 13.2. The molecule has 0 bridgehead atoms. The molecule has 0 saturated carbocycles. The fourth-order valence-corrected chi connectivity index (χ4v) is 2.01. The predicted molar refractivity (Wildman–Crippen MR) is 78.5 cm³/mol. The predicted octanol–water partition coefficient (Wildman–Crippen LogP) is 1.80. The average Bonchev–Trinajstić information content (AvgIpc) is 3.00. The Balaban J connectivity index is 1.96. The fraction of sp³-hybridized carbons (Fsp3) is 0.133. The van der Waals surface area contributed by atoms with Gasteiger partial charge in [-0.2, -0.15) is 10.4 Å². The van der Waals surface area contributed by atoms with Crippen molar-refractivity contribution in [1.82, 2.24) is 19.7 Å². The van der Waals surface area contributed by atoms with Crippen LogP contribution in [0.4, 0.5) is 4.39 Å². The molecular formula is C15H10FN5O3. The molecule has 3 rings (SSSR count). The monoisotopic (exact) mass is 327 g/mol. The Kier molecular flexibility index (Phi) is 4.03. The maximum atomic E-state index is 13.9. The molecule has 0 saturated heterocycles. The summed E-state index contributed by atoms with van der Waals surface area (Å²) < 4.78 is 25.3. The van der Waals surface area contributed by atoms with E-state index in [1.807, 2.05) is 6.07 Å². The number of esters is 1. The zero-order valence-corrected chi connectivity index (χ0v) is 12.4. The van der Waals surface area contributed by atoms with Crippen LogP contribution in [0.15, 0.2) is 30.7 Å². The lowest BCUT2D eigenvalue weighted by molar-refractivity contribution is -0.141. The molecular weight excluding hydrogens is 317 g/mol. The van der Waals surface area contributed by atoms with Crippen molar-refractivity contribution in [2.75, 3.05) is 7.11 Å². The van der Waals surface area contributed by atoms with E-state index >= 15 is 0 Å². The molecule has 0 atom stereocenters. The van der Waals surface area contributed by atoms with E-state index in [1.165, 1.54) is 36.4 Å². The molecule has 8 nitrogen and oxygen atoms in total. The van der Waals surface area contributed by atoms with Gasteiger partial charge in [-0.1, -0.05) is 0 Å². The maximum absolute atomic E-state index is 13.9. The molecule has 0 amide bonds. The van der Waals surface area contributed by atoms with Crippen LogP contribution in [0.3, 0.4) is 0 Å². The standard InChI is InChI=1S/C15H10FN5O3/c1-23-13(22)7-21-14-10(6-20-21)15(19-8-18-14)24-12-3-2-9(5-17)4-11(12)16/h2-4,6,8H,7H2,1H3. The molecule has 0 aliphatic rings. The first-order valence-electron chi connectivity index (χ1n) is 6.73. The lowest BCUT2D eigenvalue weighted by atomic mass is 10.2. The molecule has 0 spiro atoms. The number of aromatic nitrogens is 4. The van der Waals surface area contributed by atoms with Gasteiger partial charge in [0.1, 0.15) is 18.3 Å². The number of carbonyl (C=O) groups excluding carboxylic acids is 1. The van der Waals surface area contributed by atoms with Gasteiger partial charge in [-0.3, -0.25) is 4.79 Å². The van der Waals surface area contributed by atoms with E-state index in [0.717, 1.165) is 6.07 Å². The minimum Gasteiger partial charge on any atom is -0.468 e. The summed E-state index contributed by atoms with van der Waals surface area (Å²) in [4.78, 5) is 19.4. The summed E-state index contributed by atoms with van der Waals surface area (Å²) >= 11 is 0. The van der Waals surface area contributed by atoms with Crippen molar-refractivity contribution in [3.8, 4) is 17.7 Å². The fourth-order valence-electron chi connectivity index (χ4n) is 2.01. The van der Waals surface area contributed by atoms with Gasteiger partial charge in [0.05, 0.1) is 24.9 Å². The van der Waals surface area contributed by atoms with Crippen LogP contribution < -0.4 is 4.74 Å². The molecule has 2 aromatic heterocycles. The highest BCUT2D eigenvalue weighted by Gasteiger charge is 2.15. The number of ether oxygens (including phenoxy) is 2. The number of hydrogen-bond acceptors (Lipinski definition) is 7. The molecule has 0 fully saturated rings. The van der Waals surface area contributed by atoms with E-state index in [0.29, 0.717) is 11.0 Å². The Labute approximate surface area is 135 Å². The molecule has 9 heteroatoms. The Bertz CT molecular complexity index is 963. The van der Waals surface area contributed by atoms with Crippen molar-refractivity contribution in [2.45, 2.75) is 6.54 Å². The normalized spacial score (nSPS) is 10.4. The minimum absolute atomic E-state index is 0.0831. The van der Waals surface area contributed by atoms with Gasteiger partial charge in [-0.05, 0) is 18.2 Å². The third kappa shape index (κ3) is 2.85. The second-order valence-corrected chi connectivity index (χ2v) is 4.65. The van der Waals surface area contributed by atoms with E-state index < -0.39 is 11.8 Å². The smallest absolute Gasteiger partial charge is 0.327 e. The van der Waals surface area contributed by atoms with Crippen molar-refractivity contribution in [2.24, 2.45) is 0 Å². The highest BCUT2D eigenvalue weighted by molar-refractivity contribution is 5.81. The number of carbonyl (C=O) groups is 1. The zero-order chi connectivity index (χ0) is 17.1. The summed E-state index contributed by atoms with van der Waals surface area (Å²) in [6, 6.07) is 5.66. The molecule has 0 unspecified atom stereocenters. The van der Waals surface area contributed by atoms with Crippen LogP contribution in [0.1, 0.15) is 5.56 Å². The first kappa shape index (κ1) is 15.4. The summed E-state index contributed by atoms with van der Waals surface area (Å²) in [5.41, 5.74) is 0.526. The highest BCUT2D eigenvalue weighted by Crippen LogP contribution is 2.28. The zero-order valence-electron chi connectivity index (χ0n) is 12.4. The molecule has 120 valence electrons. The van der Waals surface area contributed by atoms with Crippen molar-refractivity contribution in [3.63, 3.8) is 0 Å². The van der Waals surface area contributed by atoms with E-state index in [9.17, 15) is 9.18 Å². The number of nitrogens with zero attached hydrogens (tertiary/aromatic N) is 5. The van der Waals surface area contributed by atoms with E-state index in [1.54, 1.807) is 0 Å². The molecule has 2 heterocycles. The number of benzene rings is 1. The van der Waals surface area contributed by atoms with Gasteiger partial charge in [-0.15, -0.1) is 0 Å². The summed E-state index contributed by atoms with van der Waals surface area (Å²) in [5.74, 6) is -1.18. The summed E-state index contributed by atoms with van der Waals surface area (Å²) in [7, 11) is 1.27. The van der Waals surface area contributed by atoms with Crippen LogP contribution in [-0.2, 0) is 16.1 Å². The summed E-state index contributed by atoms with van der Waals surface area (Å²) in [6.07, 6.45) is 2.63. The van der Waals surface area contributed by atoms with Crippen LogP contribution in [0.5, 0.6) is 11.6 Å². The van der Waals surface area contributed by atoms with E-state index in [-0.39, 0.29) is 23.7 Å². The number of methoxy groups -OCH3 is 1. The van der Waals surface area contributed by atoms with Gasteiger partial charge in [0.25, 0.3) is 0 Å². The number of hydrogen-bond donors (Lipinski definition) is 0. The molecule has 0 N–H and O–H groups in total. The van der Waals surface area contributed by atoms with Crippen LogP contribution in [0, 0.1) is 17.1 Å². The van der Waals surface area contributed by atoms with Gasteiger partial charge in [-0.25, -0.2) is 19.0 Å². The van der Waals surface area contributed by atoms with Gasteiger partial charge in [0.15, 0.2) is 17.2 Å². The molecule has 0 aliphatic carbocycles. The van der Waals surface area contributed by atoms with Crippen LogP contribution >= 0.6 is 0 Å². The van der Waals surface area contributed by atoms with Gasteiger partial charge in [0, 0.05) is 0 Å². The number of rotatable bonds is 4. The molecule has 0 radical (unpaired) electrons. The second kappa shape index (κ2) is 6.29. The van der Waals surface area contributed by atoms with Crippen molar-refractivity contribution in [1.29, 1.82) is 5.26 Å². The van der Waals surface area contributed by atoms with Crippen LogP contribution in [0.25, 0.3) is 11.0 Å². The molecule has 0 aliphatic heterocycles. The average molecular weight is 327 g/mol. The third-order valence-corrected chi connectivity index (χ3v) is 3.17. The summed E-state index contributed by atoms with van der Waals surface area (Å²) in [6.45, 7) is -0.123. The SMILES string of the molecule is COC(=O)Cn1ncc2c(Oc3ccc(C#N)cc3F)ncnc21. The van der Waals surface area contributed by atoms with Crippen LogP contribution in [-0.4, -0.2) is 32.8 Å². The maximum Gasteiger partial charge on any atom is 0.327 e. The number of halogens is 1. The quantitative estimate of drug-likeness (QED) is 0.673. The molecule has 3 aromatic rings. The first-order chi connectivity index (χ1) is 11.6. The lowest BCUT2D eigenvalue weighted by Crippen LogP contribution is -2.13. The highest BCUT2D eigenvalue weighted by atomic mass is 19.1. The van der Waals surface area contributed by atoms with Crippen LogP contribution in [0.2, 0.25) is 0 Å². The largest absolute Gasteiger partial charge is 0.468 e. The Morgan fingerprint density at radius 3 is 2.96 bits per heavy atom. The lowest BCUT2D eigenvalue weighted by Gasteiger charge is -2.07. The van der Waals surface area contributed by atoms with E-state index in [4.69, 9.17) is 10.00 Å². The number of nitriles is 1. The van der Waals surface area contributed by atoms with Crippen molar-refractivity contribution in [3.05, 3.63) is 42.1 Å². The first-order valence-corrected chi connectivity index (χ1v) is 6.73. The van der Waals surface area contributed by atoms with Gasteiger partial charge >= 0.3 is 5.97 Å². The van der Waals surface area contributed by atoms with Gasteiger partial charge < -0.3 is 9.47 Å².